The van der Waals surface area contributed by atoms with E-state index in [1.165, 1.54) is 16.2 Å². The summed E-state index contributed by atoms with van der Waals surface area (Å²) in [5.74, 6) is 0.174. The van der Waals surface area contributed by atoms with Crippen molar-refractivity contribution in [3.8, 4) is 16.3 Å². The summed E-state index contributed by atoms with van der Waals surface area (Å²) < 4.78 is 5.26. The van der Waals surface area contributed by atoms with Gasteiger partial charge in [0, 0.05) is 24.0 Å². The Morgan fingerprint density at radius 1 is 1.08 bits per heavy atom. The molecule has 0 saturated heterocycles. The van der Waals surface area contributed by atoms with E-state index < -0.39 is 23.8 Å². The Kier molecular flexibility index (Phi) is 9.30. The molecular weight excluding hydrogens is 478 g/mol. The number of rotatable bonds is 10. The highest BCUT2D eigenvalue weighted by Gasteiger charge is 2.27. The molecular formula is C27H33N3O5S. The maximum Gasteiger partial charge on any atom is 0.408 e. The molecule has 8 nitrogen and oxygen atoms in total. The Hall–Kier alpha value is -3.59. The van der Waals surface area contributed by atoms with Gasteiger partial charge >= 0.3 is 12.2 Å². The second-order valence-corrected chi connectivity index (χ2v) is 10.3. The van der Waals surface area contributed by atoms with Gasteiger partial charge in [0.2, 0.25) is 0 Å². The molecule has 0 unspecified atom stereocenters. The number of amides is 2. The number of carbonyl (C=O) groups excluding carboxylic acids is 1. The predicted octanol–water partition coefficient (Wildman–Crippen LogP) is 6.43. The molecule has 1 heterocycles. The van der Waals surface area contributed by atoms with Crippen LogP contribution in [-0.2, 0) is 11.3 Å². The van der Waals surface area contributed by atoms with Crippen molar-refractivity contribution >= 4 is 23.5 Å². The van der Waals surface area contributed by atoms with E-state index in [-0.39, 0.29) is 12.3 Å². The smallest absolute Gasteiger partial charge is 0.408 e. The number of phenolic OH excluding ortho intramolecular Hbond substituents is 1. The molecule has 3 rings (SSSR count). The fourth-order valence-corrected chi connectivity index (χ4v) is 4.57. The third kappa shape index (κ3) is 8.27. The van der Waals surface area contributed by atoms with Crippen LogP contribution in [0.2, 0.25) is 0 Å². The lowest BCUT2D eigenvalue weighted by Crippen LogP contribution is -2.34. The average Bonchev–Trinajstić information content (AvgIpc) is 3.30. The summed E-state index contributed by atoms with van der Waals surface area (Å²) in [6.07, 6.45) is 0.422. The molecule has 0 fully saturated rings. The molecule has 0 aliphatic rings. The SMILES string of the molecule is CC(C)(C)OC(=O)NCCCC[C@@H](c1csc(-c2ccc(O)cc2)n1)N(Cc1ccccc1)C(=O)O. The quantitative estimate of drug-likeness (QED) is 0.270. The Labute approximate surface area is 215 Å². The summed E-state index contributed by atoms with van der Waals surface area (Å²) in [5.41, 5.74) is 1.87. The van der Waals surface area contributed by atoms with Gasteiger partial charge in [-0.2, -0.15) is 0 Å². The van der Waals surface area contributed by atoms with Gasteiger partial charge in [0.05, 0.1) is 11.7 Å². The predicted molar refractivity (Wildman–Crippen MR) is 140 cm³/mol. The molecule has 2 amide bonds. The van der Waals surface area contributed by atoms with Crippen LogP contribution in [0.3, 0.4) is 0 Å². The van der Waals surface area contributed by atoms with Gasteiger partial charge < -0.3 is 20.3 Å². The molecule has 192 valence electrons. The zero-order chi connectivity index (χ0) is 26.1. The number of carboxylic acid groups (broad SMARTS) is 1. The number of thiazole rings is 1. The molecule has 3 aromatic rings. The van der Waals surface area contributed by atoms with Gasteiger partial charge in [0.1, 0.15) is 16.4 Å². The van der Waals surface area contributed by atoms with E-state index in [0.29, 0.717) is 31.5 Å². The third-order valence-electron chi connectivity index (χ3n) is 5.37. The van der Waals surface area contributed by atoms with Crippen molar-refractivity contribution < 1.29 is 24.5 Å². The molecule has 1 atom stereocenters. The van der Waals surface area contributed by atoms with Crippen molar-refractivity contribution in [3.63, 3.8) is 0 Å². The van der Waals surface area contributed by atoms with Crippen LogP contribution in [0.4, 0.5) is 9.59 Å². The van der Waals surface area contributed by atoms with Gasteiger partial charge in [0.25, 0.3) is 0 Å². The largest absolute Gasteiger partial charge is 0.508 e. The summed E-state index contributed by atoms with van der Waals surface area (Å²) in [5, 5.41) is 25.1. The first-order valence-electron chi connectivity index (χ1n) is 11.9. The van der Waals surface area contributed by atoms with E-state index >= 15 is 0 Å². The number of unbranched alkanes of at least 4 members (excludes halogenated alkanes) is 1. The maximum atomic E-state index is 12.3. The van der Waals surface area contributed by atoms with Crippen LogP contribution in [0, 0.1) is 0 Å². The number of hydrogen-bond acceptors (Lipinski definition) is 6. The summed E-state index contributed by atoms with van der Waals surface area (Å²) in [6, 6.07) is 15.8. The van der Waals surface area contributed by atoms with Gasteiger partial charge in [-0.15, -0.1) is 11.3 Å². The zero-order valence-corrected chi connectivity index (χ0v) is 21.6. The standard InChI is InChI=1S/C27H33N3O5S/c1-27(2,3)35-25(32)28-16-8-7-11-23(30(26(33)34)17-19-9-5-4-6-10-19)22-18-36-24(29-22)20-12-14-21(31)15-13-20/h4-6,9-10,12-15,18,23,31H,7-8,11,16-17H2,1-3H3,(H,28,32)(H,33,34)/t23-/m0/s1. The Morgan fingerprint density at radius 2 is 1.78 bits per heavy atom. The molecule has 1 aromatic heterocycles. The molecule has 0 bridgehead atoms. The van der Waals surface area contributed by atoms with E-state index in [0.717, 1.165) is 16.1 Å². The first-order valence-corrected chi connectivity index (χ1v) is 12.8. The lowest BCUT2D eigenvalue weighted by molar-refractivity contribution is 0.0526. The average molecular weight is 512 g/mol. The zero-order valence-electron chi connectivity index (χ0n) is 20.8. The summed E-state index contributed by atoms with van der Waals surface area (Å²) in [6.45, 7) is 6.10. The van der Waals surface area contributed by atoms with Crippen LogP contribution in [-0.4, -0.2) is 44.4 Å². The Bertz CT molecular complexity index is 1130. The fourth-order valence-electron chi connectivity index (χ4n) is 3.70. The topological polar surface area (TPSA) is 112 Å². The number of aromatic nitrogens is 1. The Balaban J connectivity index is 1.74. The lowest BCUT2D eigenvalue weighted by Gasteiger charge is -2.28. The van der Waals surface area contributed by atoms with Crippen LogP contribution in [0.1, 0.15) is 57.3 Å². The molecule has 9 heteroatoms. The van der Waals surface area contributed by atoms with E-state index in [9.17, 15) is 19.8 Å². The molecule has 0 radical (unpaired) electrons. The first-order chi connectivity index (χ1) is 17.1. The van der Waals surface area contributed by atoms with Crippen LogP contribution in [0.15, 0.2) is 60.0 Å². The minimum Gasteiger partial charge on any atom is -0.508 e. The number of aromatic hydroxyl groups is 1. The van der Waals surface area contributed by atoms with Gasteiger partial charge in [-0.1, -0.05) is 30.3 Å². The normalized spacial score (nSPS) is 12.1. The second-order valence-electron chi connectivity index (χ2n) is 9.46. The maximum absolute atomic E-state index is 12.3. The number of hydrogen-bond donors (Lipinski definition) is 3. The highest BCUT2D eigenvalue weighted by molar-refractivity contribution is 7.13. The van der Waals surface area contributed by atoms with Gasteiger partial charge in [-0.25, -0.2) is 14.6 Å². The molecule has 3 N–H and O–H groups in total. The van der Waals surface area contributed by atoms with Crippen molar-refractivity contribution in [2.24, 2.45) is 0 Å². The lowest BCUT2D eigenvalue weighted by atomic mass is 10.0. The fraction of sp³-hybridized carbons (Fsp3) is 0.370. The first kappa shape index (κ1) is 27.0. The molecule has 0 spiro atoms. The molecule has 0 saturated carbocycles. The minimum absolute atomic E-state index is 0.174. The van der Waals surface area contributed by atoms with Gasteiger partial charge in [-0.05, 0) is 69.9 Å². The van der Waals surface area contributed by atoms with Crippen molar-refractivity contribution in [1.82, 2.24) is 15.2 Å². The number of alkyl carbamates (subject to hydrolysis) is 1. The monoisotopic (exact) mass is 511 g/mol. The molecule has 0 aliphatic heterocycles. The number of benzene rings is 2. The van der Waals surface area contributed by atoms with Gasteiger partial charge in [-0.3, -0.25) is 4.90 Å². The number of nitrogens with one attached hydrogen (secondary N) is 1. The van der Waals surface area contributed by atoms with Crippen molar-refractivity contribution in [2.45, 2.75) is 58.2 Å². The number of nitrogens with zero attached hydrogens (tertiary/aromatic N) is 2. The molecule has 2 aromatic carbocycles. The minimum atomic E-state index is -1.02. The summed E-state index contributed by atoms with van der Waals surface area (Å²) in [4.78, 5) is 30.4. The number of carbonyl (C=O) groups is 2. The molecule has 36 heavy (non-hydrogen) atoms. The van der Waals surface area contributed by atoms with Crippen molar-refractivity contribution in [3.05, 3.63) is 71.2 Å². The highest BCUT2D eigenvalue weighted by Crippen LogP contribution is 2.33. The van der Waals surface area contributed by atoms with Crippen LogP contribution < -0.4 is 5.32 Å². The number of phenols is 1. The van der Waals surface area contributed by atoms with Crippen molar-refractivity contribution in [1.29, 1.82) is 0 Å². The summed E-state index contributed by atoms with van der Waals surface area (Å²) >= 11 is 1.44. The molecule has 0 aliphatic carbocycles. The van der Waals surface area contributed by atoms with E-state index in [1.54, 1.807) is 24.3 Å². The van der Waals surface area contributed by atoms with Crippen LogP contribution >= 0.6 is 11.3 Å². The van der Waals surface area contributed by atoms with E-state index in [2.05, 4.69) is 5.32 Å². The third-order valence-corrected chi connectivity index (χ3v) is 6.28. The second kappa shape index (κ2) is 12.4. The van der Waals surface area contributed by atoms with Crippen molar-refractivity contribution in [2.75, 3.05) is 6.54 Å². The van der Waals surface area contributed by atoms with Crippen LogP contribution in [0.5, 0.6) is 5.75 Å². The van der Waals surface area contributed by atoms with Crippen LogP contribution in [0.25, 0.3) is 10.6 Å². The van der Waals surface area contributed by atoms with E-state index in [4.69, 9.17) is 9.72 Å². The summed E-state index contributed by atoms with van der Waals surface area (Å²) in [7, 11) is 0. The number of ether oxygens (including phenoxy) is 1. The highest BCUT2D eigenvalue weighted by atomic mass is 32.1. The van der Waals surface area contributed by atoms with Gasteiger partial charge in [0.15, 0.2) is 0 Å². The van der Waals surface area contributed by atoms with E-state index in [1.807, 2.05) is 56.5 Å². The Morgan fingerprint density at radius 3 is 2.42 bits per heavy atom.